The number of aromatic nitrogens is 1. The molecule has 0 N–H and O–H groups in total. The Bertz CT molecular complexity index is 827. The number of sulfonamides is 1. The third-order valence-corrected chi connectivity index (χ3v) is 5.92. The van der Waals surface area contributed by atoms with Gasteiger partial charge in [-0.05, 0) is 18.6 Å². The fourth-order valence-corrected chi connectivity index (χ4v) is 4.29. The molecule has 9 heteroatoms. The molecule has 1 aromatic carbocycles. The Morgan fingerprint density at radius 3 is 2.55 bits per heavy atom. The number of rotatable bonds is 6. The maximum atomic E-state index is 12.3. The van der Waals surface area contributed by atoms with Gasteiger partial charge in [-0.15, -0.1) is 16.0 Å². The average Bonchev–Trinajstić information content (AvgIpc) is 2.81. The van der Waals surface area contributed by atoms with Crippen LogP contribution in [0, 0.1) is 0 Å². The van der Waals surface area contributed by atoms with Crippen LogP contribution in [0.5, 0.6) is 0 Å². The zero-order valence-corrected chi connectivity index (χ0v) is 14.4. The van der Waals surface area contributed by atoms with Gasteiger partial charge in [-0.25, -0.2) is 0 Å². The minimum absolute atomic E-state index is 0.0797. The summed E-state index contributed by atoms with van der Waals surface area (Å²) in [6, 6.07) is 7.85. The molecule has 2 rings (SSSR count). The molecule has 0 aliphatic rings. The lowest BCUT2D eigenvalue weighted by molar-refractivity contribution is 0.112. The number of hydrogen-bond acceptors (Lipinski definition) is 4. The fourth-order valence-electron chi connectivity index (χ4n) is 1.71. The van der Waals surface area contributed by atoms with E-state index >= 15 is 0 Å². The van der Waals surface area contributed by atoms with E-state index in [0.29, 0.717) is 25.1 Å². The maximum absolute atomic E-state index is 12.3. The summed E-state index contributed by atoms with van der Waals surface area (Å²) in [5, 5.41) is 0.173. The molecule has 0 spiro atoms. The van der Waals surface area contributed by atoms with Crippen molar-refractivity contribution in [2.24, 2.45) is 4.40 Å². The molecule has 22 heavy (non-hydrogen) atoms. The molecule has 0 aliphatic heterocycles. The highest BCUT2D eigenvalue weighted by Gasteiger charge is 2.16. The topological polar surface area (TPSA) is 68.5 Å². The first kappa shape index (κ1) is 17.2. The Kier molecular flexibility index (Phi) is 5.80. The van der Waals surface area contributed by atoms with Crippen molar-refractivity contribution in [1.29, 1.82) is 0 Å². The van der Waals surface area contributed by atoms with E-state index < -0.39 is 10.0 Å². The molecule has 0 saturated carbocycles. The Labute approximate surface area is 141 Å². The summed E-state index contributed by atoms with van der Waals surface area (Å²) in [5.74, 6) is 0.389. The molecule has 2 aromatic rings. The van der Waals surface area contributed by atoms with Crippen molar-refractivity contribution in [1.82, 2.24) is 4.57 Å². The largest absolute Gasteiger partial charge is 0.306 e. The second kappa shape index (κ2) is 7.41. The number of carbonyl (C=O) groups is 1. The average molecular weight is 379 g/mol. The summed E-state index contributed by atoms with van der Waals surface area (Å²) in [6.07, 6.45) is 1.16. The Hall–Kier alpha value is -1.15. The van der Waals surface area contributed by atoms with Gasteiger partial charge in [0.1, 0.15) is 10.0 Å². The molecular weight excluding hydrogens is 367 g/mol. The third kappa shape index (κ3) is 3.78. The molecule has 118 valence electrons. The first-order valence-corrected chi connectivity index (χ1v) is 9.43. The van der Waals surface area contributed by atoms with Crippen LogP contribution in [0.2, 0.25) is 5.15 Å². The van der Waals surface area contributed by atoms with Crippen molar-refractivity contribution in [3.63, 3.8) is 0 Å². The number of aldehydes is 1. The van der Waals surface area contributed by atoms with E-state index in [1.807, 2.05) is 0 Å². The minimum atomic E-state index is -3.87. The van der Waals surface area contributed by atoms with Crippen molar-refractivity contribution < 1.29 is 13.2 Å². The fraction of sp³-hybridized carbons (Fsp3) is 0.231. The first-order chi connectivity index (χ1) is 10.5. The Morgan fingerprint density at radius 1 is 1.27 bits per heavy atom. The van der Waals surface area contributed by atoms with Gasteiger partial charge in [0.2, 0.25) is 4.80 Å². The van der Waals surface area contributed by atoms with Gasteiger partial charge in [0, 0.05) is 12.4 Å². The van der Waals surface area contributed by atoms with Crippen LogP contribution in [0.1, 0.15) is 16.1 Å². The molecular formula is C13H12Cl2N2O3S2. The smallest absolute Gasteiger partial charge is 0.285 e. The molecule has 0 unspecified atom stereocenters. The molecule has 0 saturated heterocycles. The van der Waals surface area contributed by atoms with Crippen LogP contribution >= 0.6 is 34.5 Å². The number of hydrogen-bond donors (Lipinski definition) is 0. The summed E-state index contributed by atoms with van der Waals surface area (Å²) in [4.78, 5) is 11.5. The quantitative estimate of drug-likeness (QED) is 0.573. The number of thiazole rings is 1. The first-order valence-electron chi connectivity index (χ1n) is 6.26. The molecule has 5 nitrogen and oxygen atoms in total. The van der Waals surface area contributed by atoms with Crippen molar-refractivity contribution in [2.75, 3.05) is 5.88 Å². The van der Waals surface area contributed by atoms with E-state index in [9.17, 15) is 13.2 Å². The molecule has 0 aliphatic carbocycles. The van der Waals surface area contributed by atoms with E-state index in [1.165, 1.54) is 16.7 Å². The zero-order chi connectivity index (χ0) is 16.2. The van der Waals surface area contributed by atoms with E-state index in [0.717, 1.165) is 11.3 Å². The molecule has 1 aromatic heterocycles. The van der Waals surface area contributed by atoms with Gasteiger partial charge in [-0.1, -0.05) is 41.1 Å². The van der Waals surface area contributed by atoms with Gasteiger partial charge in [-0.3, -0.25) is 4.79 Å². The summed E-state index contributed by atoms with van der Waals surface area (Å²) >= 11 is 12.7. The standard InChI is InChI=1S/C13H12Cl2N2O3S2/c14-7-4-8-17-12(15)11(9-18)21-13(17)16-22(19,20)10-5-2-1-3-6-10/h1-3,5-6,9H,4,7-8H2/b16-13+. The predicted octanol–water partition coefficient (Wildman–Crippen LogP) is 2.93. The summed E-state index contributed by atoms with van der Waals surface area (Å²) in [5.41, 5.74) is 0. The summed E-state index contributed by atoms with van der Waals surface area (Å²) in [7, 11) is -3.87. The van der Waals surface area contributed by atoms with Crippen LogP contribution in [-0.4, -0.2) is 25.2 Å². The monoisotopic (exact) mass is 378 g/mol. The second-order valence-corrected chi connectivity index (χ2v) is 7.58. The van der Waals surface area contributed by atoms with Gasteiger partial charge in [0.15, 0.2) is 6.29 Å². The molecule has 0 radical (unpaired) electrons. The van der Waals surface area contributed by atoms with Crippen LogP contribution in [0.4, 0.5) is 0 Å². The van der Waals surface area contributed by atoms with Gasteiger partial charge >= 0.3 is 0 Å². The maximum Gasteiger partial charge on any atom is 0.285 e. The SMILES string of the molecule is O=Cc1s/c(=N/S(=O)(=O)c2ccccc2)n(CCCCl)c1Cl. The van der Waals surface area contributed by atoms with Gasteiger partial charge < -0.3 is 4.57 Å². The highest BCUT2D eigenvalue weighted by atomic mass is 35.5. The van der Waals surface area contributed by atoms with Crippen LogP contribution in [-0.2, 0) is 16.6 Å². The van der Waals surface area contributed by atoms with Crippen molar-refractivity contribution in [2.45, 2.75) is 17.9 Å². The number of nitrogens with zero attached hydrogens (tertiary/aromatic N) is 2. The van der Waals surface area contributed by atoms with Gasteiger partial charge in [0.05, 0.1) is 4.90 Å². The number of alkyl halides is 1. The number of carbonyl (C=O) groups excluding carboxylic acids is 1. The Morgan fingerprint density at radius 2 is 1.95 bits per heavy atom. The van der Waals surface area contributed by atoms with Crippen LogP contribution in [0.15, 0.2) is 39.6 Å². The highest BCUT2D eigenvalue weighted by molar-refractivity contribution is 7.90. The van der Waals surface area contributed by atoms with E-state index in [-0.39, 0.29) is 19.7 Å². The lowest BCUT2D eigenvalue weighted by atomic mass is 10.4. The zero-order valence-electron chi connectivity index (χ0n) is 11.3. The number of benzene rings is 1. The number of halogens is 2. The lowest BCUT2D eigenvalue weighted by Gasteiger charge is -2.03. The molecule has 1 heterocycles. The molecule has 0 fully saturated rings. The van der Waals surface area contributed by atoms with Gasteiger partial charge in [0.25, 0.3) is 10.0 Å². The summed E-state index contributed by atoms with van der Waals surface area (Å²) in [6.45, 7) is 0.385. The highest BCUT2D eigenvalue weighted by Crippen LogP contribution is 2.18. The van der Waals surface area contributed by atoms with Gasteiger partial charge in [-0.2, -0.15) is 8.42 Å². The Balaban J connectivity index is 2.58. The van der Waals surface area contributed by atoms with E-state index in [4.69, 9.17) is 23.2 Å². The van der Waals surface area contributed by atoms with E-state index in [2.05, 4.69) is 4.40 Å². The van der Waals surface area contributed by atoms with Crippen molar-refractivity contribution >= 4 is 50.8 Å². The normalized spacial score (nSPS) is 12.5. The molecule has 0 bridgehead atoms. The van der Waals surface area contributed by atoms with Crippen molar-refractivity contribution in [3.8, 4) is 0 Å². The van der Waals surface area contributed by atoms with Crippen LogP contribution in [0.3, 0.4) is 0 Å². The lowest BCUT2D eigenvalue weighted by Crippen LogP contribution is -2.17. The third-order valence-electron chi connectivity index (χ3n) is 2.73. The molecule has 0 atom stereocenters. The van der Waals surface area contributed by atoms with Crippen molar-refractivity contribution in [3.05, 3.63) is 45.2 Å². The molecule has 0 amide bonds. The summed E-state index contributed by atoms with van der Waals surface area (Å²) < 4.78 is 29.9. The van der Waals surface area contributed by atoms with Crippen LogP contribution in [0.25, 0.3) is 0 Å². The predicted molar refractivity (Wildman–Crippen MR) is 87.2 cm³/mol. The van der Waals surface area contributed by atoms with E-state index in [1.54, 1.807) is 18.2 Å². The minimum Gasteiger partial charge on any atom is -0.306 e. The van der Waals surface area contributed by atoms with Crippen LogP contribution < -0.4 is 4.80 Å². The second-order valence-electron chi connectivity index (χ2n) is 4.23.